The van der Waals surface area contributed by atoms with E-state index in [1.165, 1.54) is 11.8 Å². The van der Waals surface area contributed by atoms with Gasteiger partial charge >= 0.3 is 0 Å². The standard InChI is InChI=1S/C11H12N2OS/c12-11-13(6-7-15-11)8-10(14)9-4-2-1-3-5-9/h1-7,11H,8,12H2. The molecular formula is C11H12N2OS. The third-order valence-electron chi connectivity index (χ3n) is 2.22. The molecule has 0 aliphatic carbocycles. The first kappa shape index (κ1) is 10.3. The van der Waals surface area contributed by atoms with Crippen molar-refractivity contribution in [3.8, 4) is 0 Å². The molecule has 0 saturated carbocycles. The number of carbonyl (C=O) groups is 1. The van der Waals surface area contributed by atoms with Gasteiger partial charge < -0.3 is 10.6 Å². The van der Waals surface area contributed by atoms with Gasteiger partial charge in [0.05, 0.1) is 6.54 Å². The van der Waals surface area contributed by atoms with E-state index in [-0.39, 0.29) is 11.3 Å². The highest BCUT2D eigenvalue weighted by molar-refractivity contribution is 8.02. The molecule has 1 aliphatic rings. The van der Waals surface area contributed by atoms with E-state index in [9.17, 15) is 4.79 Å². The molecule has 1 aliphatic heterocycles. The summed E-state index contributed by atoms with van der Waals surface area (Å²) in [6, 6.07) is 9.26. The van der Waals surface area contributed by atoms with E-state index in [1.807, 2.05) is 46.8 Å². The number of Topliss-reactive ketones (excluding diaryl/α,β-unsaturated/α-hetero) is 1. The molecule has 1 aromatic rings. The highest BCUT2D eigenvalue weighted by Gasteiger charge is 2.18. The van der Waals surface area contributed by atoms with Crippen LogP contribution < -0.4 is 5.73 Å². The van der Waals surface area contributed by atoms with Crippen LogP contribution in [-0.2, 0) is 0 Å². The highest BCUT2D eigenvalue weighted by atomic mass is 32.2. The molecule has 2 N–H and O–H groups in total. The maximum atomic E-state index is 11.8. The lowest BCUT2D eigenvalue weighted by molar-refractivity contribution is 0.0953. The topological polar surface area (TPSA) is 46.3 Å². The molecule has 2 rings (SSSR count). The summed E-state index contributed by atoms with van der Waals surface area (Å²) in [4.78, 5) is 13.6. The summed E-state index contributed by atoms with van der Waals surface area (Å²) in [5.41, 5.74) is 6.38. The molecule has 0 spiro atoms. The Kier molecular flexibility index (Phi) is 3.08. The summed E-state index contributed by atoms with van der Waals surface area (Å²) in [5.74, 6) is 0.0956. The van der Waals surface area contributed by atoms with Crippen LogP contribution in [0.5, 0.6) is 0 Å². The lowest BCUT2D eigenvalue weighted by atomic mass is 10.1. The Bertz CT molecular complexity index is 377. The molecule has 0 fully saturated rings. The number of carbonyl (C=O) groups excluding carboxylic acids is 1. The molecule has 1 heterocycles. The quantitative estimate of drug-likeness (QED) is 0.786. The minimum atomic E-state index is -0.127. The molecule has 1 unspecified atom stereocenters. The first-order valence-electron chi connectivity index (χ1n) is 4.69. The van der Waals surface area contributed by atoms with E-state index in [0.29, 0.717) is 6.54 Å². The first-order valence-corrected chi connectivity index (χ1v) is 5.63. The number of benzene rings is 1. The number of nitrogens with two attached hydrogens (primary N) is 1. The Morgan fingerprint density at radius 3 is 2.73 bits per heavy atom. The van der Waals surface area contributed by atoms with Gasteiger partial charge in [0.2, 0.25) is 0 Å². The van der Waals surface area contributed by atoms with Crippen molar-refractivity contribution in [2.45, 2.75) is 5.50 Å². The van der Waals surface area contributed by atoms with Gasteiger partial charge in [-0.15, -0.1) is 0 Å². The maximum absolute atomic E-state index is 11.8. The van der Waals surface area contributed by atoms with Crippen molar-refractivity contribution in [3.63, 3.8) is 0 Å². The summed E-state index contributed by atoms with van der Waals surface area (Å²) in [6.45, 7) is 0.342. The van der Waals surface area contributed by atoms with Gasteiger partial charge in [0.25, 0.3) is 0 Å². The van der Waals surface area contributed by atoms with Gasteiger partial charge in [-0.1, -0.05) is 42.1 Å². The van der Waals surface area contributed by atoms with E-state index in [1.54, 1.807) is 0 Å². The van der Waals surface area contributed by atoms with Crippen LogP contribution in [0.1, 0.15) is 10.4 Å². The molecule has 3 nitrogen and oxygen atoms in total. The molecule has 0 saturated heterocycles. The van der Waals surface area contributed by atoms with Crippen LogP contribution >= 0.6 is 11.8 Å². The van der Waals surface area contributed by atoms with Gasteiger partial charge in [0.1, 0.15) is 5.50 Å². The molecular weight excluding hydrogens is 208 g/mol. The van der Waals surface area contributed by atoms with E-state index in [2.05, 4.69) is 0 Å². The number of hydrogen-bond donors (Lipinski definition) is 1. The molecule has 15 heavy (non-hydrogen) atoms. The summed E-state index contributed by atoms with van der Waals surface area (Å²) in [7, 11) is 0. The number of thioether (sulfide) groups is 1. The van der Waals surface area contributed by atoms with Gasteiger partial charge in [0, 0.05) is 11.8 Å². The van der Waals surface area contributed by atoms with Gasteiger partial charge in [-0.2, -0.15) is 0 Å². The Hall–Kier alpha value is -1.26. The summed E-state index contributed by atoms with van der Waals surface area (Å²) >= 11 is 1.51. The van der Waals surface area contributed by atoms with Crippen molar-refractivity contribution >= 4 is 17.5 Å². The molecule has 0 amide bonds. The fourth-order valence-corrected chi connectivity index (χ4v) is 2.07. The Balaban J connectivity index is 2.01. The molecule has 0 bridgehead atoms. The van der Waals surface area contributed by atoms with E-state index >= 15 is 0 Å². The Morgan fingerprint density at radius 2 is 2.13 bits per heavy atom. The smallest absolute Gasteiger partial charge is 0.182 e. The third kappa shape index (κ3) is 2.40. The van der Waals surface area contributed by atoms with E-state index < -0.39 is 0 Å². The predicted molar refractivity (Wildman–Crippen MR) is 62.2 cm³/mol. The van der Waals surface area contributed by atoms with Crippen LogP contribution in [0.4, 0.5) is 0 Å². The second kappa shape index (κ2) is 4.51. The molecule has 4 heteroatoms. The van der Waals surface area contributed by atoms with Crippen molar-refractivity contribution in [3.05, 3.63) is 47.5 Å². The van der Waals surface area contributed by atoms with Gasteiger partial charge in [0.15, 0.2) is 5.78 Å². The Labute approximate surface area is 92.9 Å². The predicted octanol–water partition coefficient (Wildman–Crippen LogP) is 1.63. The van der Waals surface area contributed by atoms with Crippen LogP contribution in [0, 0.1) is 0 Å². The van der Waals surface area contributed by atoms with E-state index in [4.69, 9.17) is 5.73 Å². The van der Waals surface area contributed by atoms with Gasteiger partial charge in [-0.05, 0) is 5.41 Å². The zero-order chi connectivity index (χ0) is 10.7. The number of rotatable bonds is 3. The van der Waals surface area contributed by atoms with Crippen molar-refractivity contribution in [1.29, 1.82) is 0 Å². The molecule has 78 valence electrons. The normalized spacial score (nSPS) is 19.5. The lowest BCUT2D eigenvalue weighted by Crippen LogP contribution is -2.36. The van der Waals surface area contributed by atoms with Crippen molar-refractivity contribution in [2.75, 3.05) is 6.54 Å². The fraction of sp³-hybridized carbons (Fsp3) is 0.182. The van der Waals surface area contributed by atoms with Crippen LogP contribution in [0.3, 0.4) is 0 Å². The van der Waals surface area contributed by atoms with Gasteiger partial charge in [-0.25, -0.2) is 0 Å². The largest absolute Gasteiger partial charge is 0.345 e. The zero-order valence-electron chi connectivity index (χ0n) is 8.17. The van der Waals surface area contributed by atoms with Crippen molar-refractivity contribution in [1.82, 2.24) is 4.90 Å². The number of ketones is 1. The molecule has 0 radical (unpaired) electrons. The van der Waals surface area contributed by atoms with Crippen LogP contribution in [-0.4, -0.2) is 22.7 Å². The summed E-state index contributed by atoms with van der Waals surface area (Å²) in [5, 5.41) is 1.91. The second-order valence-corrected chi connectivity index (χ2v) is 4.30. The maximum Gasteiger partial charge on any atom is 0.182 e. The van der Waals surface area contributed by atoms with Crippen LogP contribution in [0.15, 0.2) is 41.9 Å². The summed E-state index contributed by atoms with van der Waals surface area (Å²) in [6.07, 6.45) is 1.86. The monoisotopic (exact) mass is 220 g/mol. The zero-order valence-corrected chi connectivity index (χ0v) is 8.98. The second-order valence-electron chi connectivity index (χ2n) is 3.27. The van der Waals surface area contributed by atoms with Crippen molar-refractivity contribution < 1.29 is 4.79 Å². The third-order valence-corrected chi connectivity index (χ3v) is 3.05. The average molecular weight is 220 g/mol. The fourth-order valence-electron chi connectivity index (χ4n) is 1.38. The highest BCUT2D eigenvalue weighted by Crippen LogP contribution is 2.20. The number of nitrogens with zero attached hydrogens (tertiary/aromatic N) is 1. The van der Waals surface area contributed by atoms with Crippen LogP contribution in [0.25, 0.3) is 0 Å². The van der Waals surface area contributed by atoms with E-state index in [0.717, 1.165) is 5.56 Å². The minimum absolute atomic E-state index is 0.0956. The van der Waals surface area contributed by atoms with Crippen LogP contribution in [0.2, 0.25) is 0 Å². The molecule has 1 aromatic carbocycles. The molecule has 1 atom stereocenters. The minimum Gasteiger partial charge on any atom is -0.345 e. The van der Waals surface area contributed by atoms with Crippen molar-refractivity contribution in [2.24, 2.45) is 5.73 Å². The Morgan fingerprint density at radius 1 is 1.40 bits per heavy atom. The van der Waals surface area contributed by atoms with Gasteiger partial charge in [-0.3, -0.25) is 4.79 Å². The SMILES string of the molecule is NC1SC=CN1CC(=O)c1ccccc1. The average Bonchev–Trinajstić information content (AvgIpc) is 2.66. The first-order chi connectivity index (χ1) is 7.27. The summed E-state index contributed by atoms with van der Waals surface area (Å²) < 4.78 is 0. The lowest BCUT2D eigenvalue weighted by Gasteiger charge is -2.19. The molecule has 0 aromatic heterocycles. The number of hydrogen-bond acceptors (Lipinski definition) is 4.